The summed E-state index contributed by atoms with van der Waals surface area (Å²) in [6.45, 7) is 5.17. The molecule has 1 saturated heterocycles. The van der Waals surface area contributed by atoms with Gasteiger partial charge in [0.1, 0.15) is 11.9 Å². The zero-order valence-corrected chi connectivity index (χ0v) is 9.97. The number of hydrogen-bond acceptors (Lipinski definition) is 4. The van der Waals surface area contributed by atoms with Crippen LogP contribution in [0.1, 0.15) is 33.6 Å². The minimum absolute atomic E-state index is 0.135. The molecule has 1 rings (SSSR count). The number of amides is 1. The van der Waals surface area contributed by atoms with Gasteiger partial charge in [0.2, 0.25) is 0 Å². The molecule has 1 heterocycles. The van der Waals surface area contributed by atoms with E-state index in [0.29, 0.717) is 12.8 Å². The van der Waals surface area contributed by atoms with E-state index in [1.165, 1.54) is 4.90 Å². The summed E-state index contributed by atoms with van der Waals surface area (Å²) >= 11 is 0. The van der Waals surface area contributed by atoms with Crippen LogP contribution in [0.25, 0.3) is 0 Å². The average molecular weight is 229 g/mol. The number of likely N-dealkylation sites (tertiary alicyclic amines) is 1. The van der Waals surface area contributed by atoms with Crippen LogP contribution in [0.3, 0.4) is 0 Å². The number of ether oxygens (including phenoxy) is 1. The van der Waals surface area contributed by atoms with Gasteiger partial charge in [-0.1, -0.05) is 0 Å². The first-order valence-corrected chi connectivity index (χ1v) is 5.46. The minimum atomic E-state index is -0.590. The van der Waals surface area contributed by atoms with Crippen LogP contribution >= 0.6 is 0 Å². The van der Waals surface area contributed by atoms with Gasteiger partial charge in [-0.2, -0.15) is 0 Å². The Balaban J connectivity index is 2.74. The monoisotopic (exact) mass is 229 g/mol. The Bertz CT molecular complexity index is 272. The van der Waals surface area contributed by atoms with Crippen LogP contribution in [-0.2, 0) is 9.53 Å². The fourth-order valence-electron chi connectivity index (χ4n) is 1.82. The van der Waals surface area contributed by atoms with E-state index in [1.807, 2.05) is 0 Å². The predicted molar refractivity (Wildman–Crippen MR) is 58.0 cm³/mol. The summed E-state index contributed by atoms with van der Waals surface area (Å²) in [6, 6.07) is -0.767. The first-order chi connectivity index (χ1) is 7.39. The molecule has 1 aliphatic heterocycles. The molecule has 1 amide bonds. The number of aliphatic hydroxyl groups is 1. The zero-order chi connectivity index (χ0) is 12.3. The van der Waals surface area contributed by atoms with E-state index in [2.05, 4.69) is 0 Å². The van der Waals surface area contributed by atoms with Crippen molar-refractivity contribution >= 4 is 12.4 Å². The first-order valence-electron chi connectivity index (χ1n) is 5.46. The highest BCUT2D eigenvalue weighted by molar-refractivity contribution is 5.75. The summed E-state index contributed by atoms with van der Waals surface area (Å²) in [5, 5.41) is 9.13. The molecule has 5 nitrogen and oxygen atoms in total. The highest BCUT2D eigenvalue weighted by Gasteiger charge is 2.38. The van der Waals surface area contributed by atoms with Gasteiger partial charge in [0.25, 0.3) is 0 Å². The Morgan fingerprint density at radius 1 is 1.50 bits per heavy atom. The van der Waals surface area contributed by atoms with Crippen LogP contribution in [0.5, 0.6) is 0 Å². The molecule has 0 bridgehead atoms. The third-order valence-corrected chi connectivity index (χ3v) is 2.52. The molecule has 0 spiro atoms. The van der Waals surface area contributed by atoms with Crippen molar-refractivity contribution in [3.8, 4) is 0 Å². The smallest absolute Gasteiger partial charge is 0.411 e. The third-order valence-electron chi connectivity index (χ3n) is 2.52. The number of carbonyl (C=O) groups excluding carboxylic acids is 2. The van der Waals surface area contributed by atoms with Crippen molar-refractivity contribution < 1.29 is 19.4 Å². The quantitative estimate of drug-likeness (QED) is 0.716. The van der Waals surface area contributed by atoms with Crippen molar-refractivity contribution in [1.82, 2.24) is 4.90 Å². The lowest BCUT2D eigenvalue weighted by atomic mass is 10.2. The highest BCUT2D eigenvalue weighted by Crippen LogP contribution is 2.25. The van der Waals surface area contributed by atoms with Crippen molar-refractivity contribution in [2.24, 2.45) is 0 Å². The summed E-state index contributed by atoms with van der Waals surface area (Å²) in [6.07, 6.45) is 1.44. The van der Waals surface area contributed by atoms with Gasteiger partial charge in [-0.05, 0) is 33.6 Å². The van der Waals surface area contributed by atoms with Crippen LogP contribution in [-0.4, -0.2) is 46.7 Å². The van der Waals surface area contributed by atoms with Gasteiger partial charge in [0, 0.05) is 0 Å². The van der Waals surface area contributed by atoms with Gasteiger partial charge in [0.15, 0.2) is 0 Å². The van der Waals surface area contributed by atoms with Crippen molar-refractivity contribution in [3.05, 3.63) is 0 Å². The molecule has 0 radical (unpaired) electrons. The van der Waals surface area contributed by atoms with Gasteiger partial charge in [0.05, 0.1) is 18.7 Å². The predicted octanol–water partition coefficient (Wildman–Crippen LogP) is 0.946. The number of hydrogen-bond donors (Lipinski definition) is 1. The highest BCUT2D eigenvalue weighted by atomic mass is 16.6. The molecule has 92 valence electrons. The third kappa shape index (κ3) is 2.95. The first kappa shape index (κ1) is 13.0. The summed E-state index contributed by atoms with van der Waals surface area (Å²) < 4.78 is 5.20. The lowest BCUT2D eigenvalue weighted by molar-refractivity contribution is -0.112. The number of nitrogens with zero attached hydrogens (tertiary/aromatic N) is 1. The number of aldehydes is 1. The lowest BCUT2D eigenvalue weighted by Crippen LogP contribution is -2.46. The molecule has 1 N–H and O–H groups in total. The van der Waals surface area contributed by atoms with Crippen LogP contribution in [0.2, 0.25) is 0 Å². The van der Waals surface area contributed by atoms with Crippen molar-refractivity contribution in [2.45, 2.75) is 51.3 Å². The number of rotatable bonds is 2. The van der Waals surface area contributed by atoms with Crippen LogP contribution in [0.15, 0.2) is 0 Å². The molecule has 2 unspecified atom stereocenters. The molecule has 1 aliphatic rings. The van der Waals surface area contributed by atoms with E-state index < -0.39 is 17.7 Å². The van der Waals surface area contributed by atoms with Gasteiger partial charge >= 0.3 is 6.09 Å². The van der Waals surface area contributed by atoms with Crippen molar-refractivity contribution in [2.75, 3.05) is 6.61 Å². The van der Waals surface area contributed by atoms with E-state index in [1.54, 1.807) is 20.8 Å². The Morgan fingerprint density at radius 3 is 2.56 bits per heavy atom. The van der Waals surface area contributed by atoms with Crippen LogP contribution in [0, 0.1) is 0 Å². The summed E-state index contributed by atoms with van der Waals surface area (Å²) in [7, 11) is 0. The molecule has 0 aromatic carbocycles. The topological polar surface area (TPSA) is 66.8 Å². The maximum Gasteiger partial charge on any atom is 0.411 e. The SMILES string of the molecule is CC(C)(C)OC(=O)N1C(C=O)CCC1CO. The normalized spacial score (nSPS) is 25.6. The van der Waals surface area contributed by atoms with Crippen molar-refractivity contribution in [1.29, 1.82) is 0 Å². The van der Waals surface area contributed by atoms with Gasteiger partial charge in [-0.15, -0.1) is 0 Å². The fourth-order valence-corrected chi connectivity index (χ4v) is 1.82. The summed E-state index contributed by atoms with van der Waals surface area (Å²) in [4.78, 5) is 24.0. The average Bonchev–Trinajstić information content (AvgIpc) is 2.57. The Morgan fingerprint density at radius 2 is 2.12 bits per heavy atom. The maximum atomic E-state index is 11.8. The molecular weight excluding hydrogens is 210 g/mol. The van der Waals surface area contributed by atoms with E-state index >= 15 is 0 Å². The Labute approximate surface area is 95.4 Å². The molecular formula is C11H19NO4. The van der Waals surface area contributed by atoms with Gasteiger partial charge in [-0.25, -0.2) is 4.79 Å². The second-order valence-electron chi connectivity index (χ2n) is 5.00. The van der Waals surface area contributed by atoms with E-state index in [4.69, 9.17) is 9.84 Å². The Hall–Kier alpha value is -1.10. The molecule has 2 atom stereocenters. The molecule has 16 heavy (non-hydrogen) atoms. The molecule has 0 aliphatic carbocycles. The van der Waals surface area contributed by atoms with E-state index in [9.17, 15) is 9.59 Å². The standard InChI is InChI=1S/C11H19NO4/c1-11(2,3)16-10(15)12-8(6-13)4-5-9(12)7-14/h6,8-9,14H,4-5,7H2,1-3H3. The Kier molecular flexibility index (Phi) is 3.91. The zero-order valence-electron chi connectivity index (χ0n) is 9.97. The van der Waals surface area contributed by atoms with Crippen molar-refractivity contribution in [3.63, 3.8) is 0 Å². The minimum Gasteiger partial charge on any atom is -0.444 e. The van der Waals surface area contributed by atoms with Crippen LogP contribution < -0.4 is 0 Å². The number of carbonyl (C=O) groups is 2. The van der Waals surface area contributed by atoms with Gasteiger partial charge in [-0.3, -0.25) is 4.90 Å². The largest absolute Gasteiger partial charge is 0.444 e. The second-order valence-corrected chi connectivity index (χ2v) is 5.00. The summed E-state index contributed by atoms with van der Waals surface area (Å²) in [5.74, 6) is 0. The maximum absolute atomic E-state index is 11.8. The van der Waals surface area contributed by atoms with E-state index in [0.717, 1.165) is 6.29 Å². The number of aliphatic hydroxyl groups excluding tert-OH is 1. The molecule has 5 heteroatoms. The molecule has 0 saturated carbocycles. The van der Waals surface area contributed by atoms with Crippen LogP contribution in [0.4, 0.5) is 4.79 Å². The van der Waals surface area contributed by atoms with E-state index in [-0.39, 0.29) is 12.6 Å². The molecule has 0 aromatic rings. The molecule has 1 fully saturated rings. The lowest BCUT2D eigenvalue weighted by Gasteiger charge is -2.29. The fraction of sp³-hybridized carbons (Fsp3) is 0.818. The summed E-state index contributed by atoms with van der Waals surface area (Å²) in [5.41, 5.74) is -0.590. The molecule has 0 aromatic heterocycles. The second kappa shape index (κ2) is 4.82. The van der Waals surface area contributed by atoms with Gasteiger partial charge < -0.3 is 14.6 Å².